The quantitative estimate of drug-likeness (QED) is 0.130. The van der Waals surface area contributed by atoms with Gasteiger partial charge in [0.05, 0.1) is 17.3 Å². The van der Waals surface area contributed by atoms with Gasteiger partial charge in [0, 0.05) is 33.3 Å². The van der Waals surface area contributed by atoms with Gasteiger partial charge in [0.25, 0.3) is 0 Å². The van der Waals surface area contributed by atoms with Gasteiger partial charge in [-0.3, -0.25) is 4.57 Å². The van der Waals surface area contributed by atoms with Gasteiger partial charge in [-0.15, -0.1) is 0 Å². The molecule has 0 atom stereocenters. The number of nitrogens with one attached hydrogen (secondary N) is 1. The Morgan fingerprint density at radius 1 is 0.525 bits per heavy atom. The number of allylic oxidation sites excluding steroid dienone is 2. The zero-order valence-electron chi connectivity index (χ0n) is 21.5. The van der Waals surface area contributed by atoms with Gasteiger partial charge in [0.15, 0.2) is 5.69 Å². The summed E-state index contributed by atoms with van der Waals surface area (Å²) in [4.78, 5) is 3.73. The molecule has 10 rings (SSSR count). The van der Waals surface area contributed by atoms with Crippen LogP contribution in [0.5, 0.6) is 0 Å². The van der Waals surface area contributed by atoms with Crippen LogP contribution < -0.4 is 0 Å². The van der Waals surface area contributed by atoms with E-state index in [0.29, 0.717) is 0 Å². The number of hydrogen-bond donors (Lipinski definition) is 1. The Bertz CT molecular complexity index is 2570. The lowest BCUT2D eigenvalue weighted by molar-refractivity contribution is 1.10. The third-order valence-electron chi connectivity index (χ3n) is 8.96. The van der Waals surface area contributed by atoms with Crippen LogP contribution in [0.15, 0.2) is 109 Å². The predicted molar refractivity (Wildman–Crippen MR) is 171 cm³/mol. The molecule has 1 aliphatic carbocycles. The zero-order chi connectivity index (χ0) is 25.9. The Labute approximate surface area is 229 Å². The molecule has 0 unspecified atom stereocenters. The Hall–Kier alpha value is -5.43. The maximum Gasteiger partial charge on any atom is 0.166 e. The maximum atomic E-state index is 3.73. The van der Waals surface area contributed by atoms with Crippen molar-refractivity contribution in [2.45, 2.75) is 0 Å². The lowest BCUT2D eigenvalue weighted by atomic mass is 9.87. The van der Waals surface area contributed by atoms with E-state index in [9.17, 15) is 0 Å². The minimum Gasteiger partial charge on any atom is -0.354 e. The largest absolute Gasteiger partial charge is 0.354 e. The zero-order valence-corrected chi connectivity index (χ0v) is 21.5. The summed E-state index contributed by atoms with van der Waals surface area (Å²) in [6.45, 7) is 0. The lowest BCUT2D eigenvalue weighted by Gasteiger charge is -2.16. The number of H-pyrrole nitrogens is 1. The number of hydrogen-bond acceptors (Lipinski definition) is 0. The van der Waals surface area contributed by atoms with Crippen molar-refractivity contribution in [3.8, 4) is 5.69 Å². The van der Waals surface area contributed by atoms with E-state index in [0.717, 1.165) is 5.69 Å². The monoisotopic (exact) mass is 505 g/mol. The van der Waals surface area contributed by atoms with E-state index in [1.165, 1.54) is 87.1 Å². The van der Waals surface area contributed by atoms with Crippen molar-refractivity contribution in [1.82, 2.24) is 9.55 Å². The second-order valence-electron chi connectivity index (χ2n) is 10.9. The number of aromatic nitrogens is 2. The highest BCUT2D eigenvalue weighted by atomic mass is 15.0. The van der Waals surface area contributed by atoms with Crippen LogP contribution in [0.1, 0.15) is 11.3 Å². The fourth-order valence-electron chi connectivity index (χ4n) is 7.43. The molecule has 9 aromatic rings. The van der Waals surface area contributed by atoms with Crippen LogP contribution in [-0.4, -0.2) is 9.55 Å². The highest BCUT2D eigenvalue weighted by Crippen LogP contribution is 2.47. The average molecular weight is 506 g/mol. The van der Waals surface area contributed by atoms with Crippen molar-refractivity contribution in [3.05, 3.63) is 127 Å². The summed E-state index contributed by atoms with van der Waals surface area (Å²) >= 11 is 0. The van der Waals surface area contributed by atoms with Gasteiger partial charge in [-0.05, 0) is 73.4 Å². The molecule has 0 spiro atoms. The van der Waals surface area contributed by atoms with Crippen molar-refractivity contribution in [2.24, 2.45) is 0 Å². The number of benzene rings is 7. The van der Waals surface area contributed by atoms with Crippen LogP contribution in [-0.2, 0) is 0 Å². The number of nitrogens with zero attached hydrogens (tertiary/aromatic N) is 1. The van der Waals surface area contributed by atoms with Gasteiger partial charge >= 0.3 is 0 Å². The van der Waals surface area contributed by atoms with E-state index in [4.69, 9.17) is 0 Å². The summed E-state index contributed by atoms with van der Waals surface area (Å²) < 4.78 is 2.41. The number of aromatic amines is 1. The predicted octanol–water partition coefficient (Wildman–Crippen LogP) is 10.2. The summed E-state index contributed by atoms with van der Waals surface area (Å²) in [7, 11) is 0. The van der Waals surface area contributed by atoms with Gasteiger partial charge in [-0.2, -0.15) is 0 Å². The molecule has 2 heteroatoms. The summed E-state index contributed by atoms with van der Waals surface area (Å²) in [6, 6.07) is 37.9. The molecule has 7 aromatic carbocycles. The molecule has 0 bridgehead atoms. The molecule has 40 heavy (non-hydrogen) atoms. The van der Waals surface area contributed by atoms with Crippen molar-refractivity contribution in [1.29, 1.82) is 0 Å². The van der Waals surface area contributed by atoms with Crippen molar-refractivity contribution in [2.75, 3.05) is 0 Å². The normalized spacial score (nSPS) is 13.1. The molecule has 1 N–H and O–H groups in total. The van der Waals surface area contributed by atoms with E-state index in [1.807, 2.05) is 6.08 Å². The van der Waals surface area contributed by atoms with Crippen LogP contribution in [0.3, 0.4) is 0 Å². The second-order valence-corrected chi connectivity index (χ2v) is 10.9. The van der Waals surface area contributed by atoms with Gasteiger partial charge in [-0.1, -0.05) is 72.8 Å². The average Bonchev–Trinajstić information content (AvgIpc) is 3.55. The first-order chi connectivity index (χ1) is 19.9. The van der Waals surface area contributed by atoms with E-state index in [-0.39, 0.29) is 0 Å². The third-order valence-corrected chi connectivity index (χ3v) is 8.96. The Morgan fingerprint density at radius 2 is 1.20 bits per heavy atom. The van der Waals surface area contributed by atoms with E-state index in [1.54, 1.807) is 0 Å². The fourth-order valence-corrected chi connectivity index (χ4v) is 7.43. The van der Waals surface area contributed by atoms with Crippen LogP contribution in [0.2, 0.25) is 0 Å². The standard InChI is InChI=1S/C38H21N2/c1-2-10-22(11-3-1)40-33-19-7-5-13-26(33)38-28-17-9-15-24-23-14-8-16-27-35(23)29(30(36(24)28)21-34(38)40)20-32-37(27)25-12-4-6-18-31(25)39-32/h1-6,8-21,39H/q+1. The molecule has 0 saturated heterocycles. The van der Waals surface area contributed by atoms with Crippen LogP contribution >= 0.6 is 0 Å². The van der Waals surface area contributed by atoms with Crippen LogP contribution in [0.4, 0.5) is 0 Å². The third kappa shape index (κ3) is 2.39. The molecule has 0 radical (unpaired) electrons. The molecule has 182 valence electrons. The molecule has 0 fully saturated rings. The van der Waals surface area contributed by atoms with E-state index in [2.05, 4.69) is 131 Å². The minimum absolute atomic E-state index is 1.16. The minimum atomic E-state index is 1.16. The molecule has 0 saturated carbocycles. The molecule has 0 aliphatic heterocycles. The molecule has 2 nitrogen and oxygen atoms in total. The summed E-state index contributed by atoms with van der Waals surface area (Å²) in [5.74, 6) is 0. The highest BCUT2D eigenvalue weighted by Gasteiger charge is 2.27. The summed E-state index contributed by atoms with van der Waals surface area (Å²) in [6.07, 6.45) is 9.73. The topological polar surface area (TPSA) is 20.7 Å². The smallest absolute Gasteiger partial charge is 0.166 e. The molecule has 2 heterocycles. The first-order valence-electron chi connectivity index (χ1n) is 13.8. The Kier molecular flexibility index (Phi) is 3.67. The number of para-hydroxylation sites is 2. The van der Waals surface area contributed by atoms with Gasteiger partial charge in [0.2, 0.25) is 0 Å². The molecule has 1 aliphatic rings. The molecular formula is C38H21N2+. The molecule has 2 aromatic heterocycles. The van der Waals surface area contributed by atoms with E-state index >= 15 is 0 Å². The van der Waals surface area contributed by atoms with Gasteiger partial charge < -0.3 is 4.98 Å². The van der Waals surface area contributed by atoms with Crippen LogP contribution in [0.25, 0.3) is 93.6 Å². The highest BCUT2D eigenvalue weighted by molar-refractivity contribution is 6.40. The molecule has 0 amide bonds. The summed E-state index contributed by atoms with van der Waals surface area (Å²) in [5, 5.41) is 14.4. The number of rotatable bonds is 1. The molecular weight excluding hydrogens is 484 g/mol. The van der Waals surface area contributed by atoms with Gasteiger partial charge in [-0.25, -0.2) is 0 Å². The second kappa shape index (κ2) is 7.15. The Morgan fingerprint density at radius 3 is 2.02 bits per heavy atom. The van der Waals surface area contributed by atoms with Gasteiger partial charge in [0.1, 0.15) is 17.7 Å². The lowest BCUT2D eigenvalue weighted by Crippen LogP contribution is -1.97. The fraction of sp³-hybridized carbons (Fsp3) is 0. The maximum absolute atomic E-state index is 3.73. The summed E-state index contributed by atoms with van der Waals surface area (Å²) in [5.41, 5.74) is 7.20. The van der Waals surface area contributed by atoms with Crippen molar-refractivity contribution in [3.63, 3.8) is 0 Å². The SMILES string of the molecule is [C+]1=Cc2c(c3c4cccc5c6cccc7c8c(cc(c(cc3n2-c2ccccc2)c54)c67)[nH]c2ccccc28)C=C1. The van der Waals surface area contributed by atoms with Crippen molar-refractivity contribution >= 4 is 88.0 Å². The van der Waals surface area contributed by atoms with Crippen molar-refractivity contribution < 1.29 is 0 Å². The Balaban J connectivity index is 1.51. The van der Waals surface area contributed by atoms with E-state index < -0.39 is 0 Å². The first kappa shape index (κ1) is 20.5. The number of fused-ring (bicyclic) bond motifs is 10. The first-order valence-corrected chi connectivity index (χ1v) is 13.8. The van der Waals surface area contributed by atoms with Crippen LogP contribution in [0, 0.1) is 6.08 Å².